The lowest BCUT2D eigenvalue weighted by Gasteiger charge is -2.25. The van der Waals surface area contributed by atoms with E-state index in [0.717, 1.165) is 29.7 Å². The Kier molecular flexibility index (Phi) is 11.2. The minimum atomic E-state index is -1.04. The molecule has 47 heavy (non-hydrogen) atoms. The first-order chi connectivity index (χ1) is 22.8. The predicted molar refractivity (Wildman–Crippen MR) is 175 cm³/mol. The first-order valence-corrected chi connectivity index (χ1v) is 16.0. The summed E-state index contributed by atoms with van der Waals surface area (Å²) in [6.45, 7) is 1.79. The molecule has 0 unspecified atom stereocenters. The number of amides is 5. The Morgan fingerprint density at radius 1 is 0.872 bits per heavy atom. The molecule has 2 heterocycles. The smallest absolute Gasteiger partial charge is 0.255 e. The molecule has 5 amide bonds. The maximum Gasteiger partial charge on any atom is 0.255 e. The molecular weight excluding hydrogens is 598 g/mol. The highest BCUT2D eigenvalue weighted by Gasteiger charge is 2.28. The van der Waals surface area contributed by atoms with Crippen molar-refractivity contribution in [1.29, 1.82) is 0 Å². The van der Waals surface area contributed by atoms with E-state index < -0.39 is 29.8 Å². The van der Waals surface area contributed by atoms with Gasteiger partial charge in [0.2, 0.25) is 23.6 Å². The lowest BCUT2D eigenvalue weighted by molar-refractivity contribution is -0.135. The SMILES string of the molecule is CN1CCOc2ccccc2C(=O)N[C@H](C(=O)NCc2cccc(CN3CCCC3=O)c2)CCC(=O)N[C@@H](Cc2ccccc2)C1=O. The third kappa shape index (κ3) is 9.18. The number of likely N-dealkylation sites (N-methyl/N-ethyl adjacent to an activating group) is 1. The van der Waals surface area contributed by atoms with Crippen LogP contribution in [-0.2, 0) is 38.7 Å². The molecule has 0 spiro atoms. The molecule has 2 atom stereocenters. The van der Waals surface area contributed by atoms with Gasteiger partial charge in [0.1, 0.15) is 24.4 Å². The van der Waals surface area contributed by atoms with Gasteiger partial charge in [0.25, 0.3) is 5.91 Å². The number of hydrogen-bond acceptors (Lipinski definition) is 6. The number of likely N-dealkylation sites (tertiary alicyclic amines) is 1. The highest BCUT2D eigenvalue weighted by atomic mass is 16.5. The Hall–Kier alpha value is -5.19. The molecule has 1 fully saturated rings. The second kappa shape index (κ2) is 15.9. The van der Waals surface area contributed by atoms with Gasteiger partial charge in [-0.3, -0.25) is 24.0 Å². The van der Waals surface area contributed by atoms with Crippen LogP contribution >= 0.6 is 0 Å². The van der Waals surface area contributed by atoms with Crippen molar-refractivity contribution in [3.05, 3.63) is 101 Å². The van der Waals surface area contributed by atoms with Gasteiger partial charge in [0.15, 0.2) is 0 Å². The van der Waals surface area contributed by atoms with Gasteiger partial charge in [0.05, 0.1) is 12.1 Å². The van der Waals surface area contributed by atoms with Crippen LogP contribution < -0.4 is 20.7 Å². The van der Waals surface area contributed by atoms with Crippen LogP contribution in [0.2, 0.25) is 0 Å². The number of para-hydroxylation sites is 1. The van der Waals surface area contributed by atoms with E-state index in [4.69, 9.17) is 4.74 Å². The zero-order chi connectivity index (χ0) is 33.2. The summed E-state index contributed by atoms with van der Waals surface area (Å²) in [5, 5.41) is 8.55. The third-order valence-electron chi connectivity index (χ3n) is 8.39. The van der Waals surface area contributed by atoms with Crippen molar-refractivity contribution >= 4 is 29.5 Å². The number of rotatable bonds is 7. The molecular formula is C36H41N5O6. The summed E-state index contributed by atoms with van der Waals surface area (Å²) in [7, 11) is 1.65. The summed E-state index contributed by atoms with van der Waals surface area (Å²) in [5.41, 5.74) is 2.94. The molecule has 246 valence electrons. The summed E-state index contributed by atoms with van der Waals surface area (Å²) in [4.78, 5) is 69.1. The average molecular weight is 640 g/mol. The van der Waals surface area contributed by atoms with Crippen LogP contribution in [0.3, 0.4) is 0 Å². The Morgan fingerprint density at radius 2 is 1.62 bits per heavy atom. The zero-order valence-corrected chi connectivity index (χ0v) is 26.6. The lowest BCUT2D eigenvalue weighted by atomic mass is 10.0. The predicted octanol–water partition coefficient (Wildman–Crippen LogP) is 2.58. The molecule has 3 aromatic carbocycles. The van der Waals surface area contributed by atoms with Crippen molar-refractivity contribution in [3.8, 4) is 5.75 Å². The highest BCUT2D eigenvalue weighted by Crippen LogP contribution is 2.19. The van der Waals surface area contributed by atoms with Crippen LogP contribution in [0.5, 0.6) is 5.75 Å². The normalized spacial score (nSPS) is 19.5. The zero-order valence-electron chi connectivity index (χ0n) is 26.6. The summed E-state index contributed by atoms with van der Waals surface area (Å²) < 4.78 is 5.93. The minimum Gasteiger partial charge on any atom is -0.491 e. The molecule has 2 aliphatic rings. The van der Waals surface area contributed by atoms with Crippen molar-refractivity contribution in [2.75, 3.05) is 26.7 Å². The van der Waals surface area contributed by atoms with E-state index in [2.05, 4.69) is 16.0 Å². The molecule has 0 aliphatic carbocycles. The van der Waals surface area contributed by atoms with Crippen molar-refractivity contribution in [3.63, 3.8) is 0 Å². The van der Waals surface area contributed by atoms with Gasteiger partial charge in [-0.15, -0.1) is 0 Å². The first-order valence-electron chi connectivity index (χ1n) is 16.0. The van der Waals surface area contributed by atoms with Gasteiger partial charge < -0.3 is 30.5 Å². The minimum absolute atomic E-state index is 0.00558. The van der Waals surface area contributed by atoms with E-state index in [-0.39, 0.29) is 49.9 Å². The fourth-order valence-electron chi connectivity index (χ4n) is 5.79. The van der Waals surface area contributed by atoms with Crippen LogP contribution in [0.25, 0.3) is 0 Å². The quantitative estimate of drug-likeness (QED) is 0.364. The summed E-state index contributed by atoms with van der Waals surface area (Å²) in [6, 6.07) is 21.9. The van der Waals surface area contributed by atoms with Crippen molar-refractivity contribution in [2.45, 2.75) is 57.3 Å². The molecule has 5 rings (SSSR count). The highest BCUT2D eigenvalue weighted by molar-refractivity contribution is 6.00. The fourth-order valence-corrected chi connectivity index (χ4v) is 5.79. The van der Waals surface area contributed by atoms with Crippen LogP contribution in [0, 0.1) is 0 Å². The number of nitrogens with one attached hydrogen (secondary N) is 3. The van der Waals surface area contributed by atoms with Gasteiger partial charge in [-0.25, -0.2) is 0 Å². The molecule has 0 bridgehead atoms. The van der Waals surface area contributed by atoms with E-state index in [1.54, 1.807) is 31.3 Å². The largest absolute Gasteiger partial charge is 0.491 e. The monoisotopic (exact) mass is 639 g/mol. The summed E-state index contributed by atoms with van der Waals surface area (Å²) in [5.74, 6) is -1.18. The number of carbonyl (C=O) groups excluding carboxylic acids is 5. The number of carbonyl (C=O) groups is 5. The standard InChI is InChI=1S/C36H41N5O6/c1-40-19-20-47-31-14-6-5-13-28(31)34(44)39-29(16-17-32(42)38-30(36(40)46)22-25-9-3-2-4-10-25)35(45)37-23-26-11-7-12-27(21-26)24-41-18-8-15-33(41)43/h2-7,9-14,21,29-30H,8,15-20,22-24H2,1H3,(H,37,45)(H,38,42)(H,39,44)/t29-,30-/m0/s1. The van der Waals surface area contributed by atoms with Crippen molar-refractivity contribution in [2.24, 2.45) is 0 Å². The molecule has 3 N–H and O–H groups in total. The fraction of sp³-hybridized carbons (Fsp3) is 0.361. The van der Waals surface area contributed by atoms with Gasteiger partial charge in [-0.1, -0.05) is 66.7 Å². The maximum atomic E-state index is 13.5. The number of benzene rings is 3. The van der Waals surface area contributed by atoms with E-state index in [1.165, 1.54) is 4.90 Å². The summed E-state index contributed by atoms with van der Waals surface area (Å²) in [6.07, 6.45) is 1.63. The summed E-state index contributed by atoms with van der Waals surface area (Å²) >= 11 is 0. The van der Waals surface area contributed by atoms with E-state index >= 15 is 0 Å². The van der Waals surface area contributed by atoms with Crippen molar-refractivity contribution in [1.82, 2.24) is 25.8 Å². The molecule has 11 nitrogen and oxygen atoms in total. The third-order valence-corrected chi connectivity index (χ3v) is 8.39. The Balaban J connectivity index is 1.32. The second-order valence-electron chi connectivity index (χ2n) is 11.9. The van der Waals surface area contributed by atoms with Gasteiger partial charge in [0, 0.05) is 45.9 Å². The van der Waals surface area contributed by atoms with Crippen LogP contribution in [0.4, 0.5) is 0 Å². The number of nitrogens with zero attached hydrogens (tertiary/aromatic N) is 2. The van der Waals surface area contributed by atoms with Crippen LogP contribution in [0.1, 0.15) is 52.7 Å². The number of ether oxygens (including phenoxy) is 1. The maximum absolute atomic E-state index is 13.5. The van der Waals surface area contributed by atoms with Gasteiger partial charge in [-0.2, -0.15) is 0 Å². The average Bonchev–Trinajstić information content (AvgIpc) is 3.48. The Morgan fingerprint density at radius 3 is 2.40 bits per heavy atom. The van der Waals surface area contributed by atoms with Crippen LogP contribution in [-0.4, -0.2) is 78.2 Å². The van der Waals surface area contributed by atoms with Gasteiger partial charge in [-0.05, 0) is 41.7 Å². The van der Waals surface area contributed by atoms with E-state index in [1.807, 2.05) is 59.5 Å². The van der Waals surface area contributed by atoms with Crippen LogP contribution in [0.15, 0.2) is 78.9 Å². The second-order valence-corrected chi connectivity index (χ2v) is 11.9. The molecule has 0 aromatic heterocycles. The van der Waals surface area contributed by atoms with Crippen molar-refractivity contribution < 1.29 is 28.7 Å². The molecule has 3 aromatic rings. The van der Waals surface area contributed by atoms with Gasteiger partial charge >= 0.3 is 0 Å². The lowest BCUT2D eigenvalue weighted by Crippen LogP contribution is -2.50. The van der Waals surface area contributed by atoms with E-state index in [9.17, 15) is 24.0 Å². The first kappa shape index (κ1) is 33.2. The molecule has 0 radical (unpaired) electrons. The Labute approximate surface area is 274 Å². The number of fused-ring (bicyclic) bond motifs is 1. The Bertz CT molecular complexity index is 1600. The van der Waals surface area contributed by atoms with E-state index in [0.29, 0.717) is 25.1 Å². The number of hydrogen-bond donors (Lipinski definition) is 3. The molecule has 1 saturated heterocycles. The molecule has 11 heteroatoms. The molecule has 2 aliphatic heterocycles. The molecule has 0 saturated carbocycles. The topological polar surface area (TPSA) is 137 Å².